The molecule has 0 bridgehead atoms. The summed E-state index contributed by atoms with van der Waals surface area (Å²) < 4.78 is 1.98. The first-order valence-electron chi connectivity index (χ1n) is 8.07. The molecule has 3 nitrogen and oxygen atoms in total. The molecule has 1 heterocycles. The van der Waals surface area contributed by atoms with Crippen LogP contribution in [0.4, 0.5) is 0 Å². The minimum atomic E-state index is 0.378. The fraction of sp³-hybridized carbons (Fsp3) is 0.500. The van der Waals surface area contributed by atoms with Crippen molar-refractivity contribution in [3.05, 3.63) is 53.3 Å². The Bertz CT molecular complexity index is 574. The lowest BCUT2D eigenvalue weighted by molar-refractivity contribution is 0.413. The Kier molecular flexibility index (Phi) is 4.39. The second kappa shape index (κ2) is 6.44. The zero-order valence-electron chi connectivity index (χ0n) is 13.0. The van der Waals surface area contributed by atoms with Gasteiger partial charge in [0.15, 0.2) is 0 Å². The lowest BCUT2D eigenvalue weighted by Gasteiger charge is -2.23. The maximum atomic E-state index is 4.27. The van der Waals surface area contributed by atoms with E-state index >= 15 is 0 Å². The third-order valence-corrected chi connectivity index (χ3v) is 4.43. The molecule has 3 rings (SSSR count). The largest absolute Gasteiger partial charge is 0.306 e. The van der Waals surface area contributed by atoms with Gasteiger partial charge in [-0.15, -0.1) is 0 Å². The van der Waals surface area contributed by atoms with Crippen LogP contribution in [0.5, 0.6) is 0 Å². The van der Waals surface area contributed by atoms with Crippen molar-refractivity contribution in [2.75, 3.05) is 0 Å². The van der Waals surface area contributed by atoms with Crippen molar-refractivity contribution in [1.82, 2.24) is 15.1 Å². The van der Waals surface area contributed by atoms with Crippen LogP contribution < -0.4 is 5.32 Å². The lowest BCUT2D eigenvalue weighted by atomic mass is 9.89. The molecule has 0 saturated heterocycles. The van der Waals surface area contributed by atoms with Gasteiger partial charge in [-0.05, 0) is 62.3 Å². The molecule has 1 N–H and O–H groups in total. The van der Waals surface area contributed by atoms with Crippen LogP contribution >= 0.6 is 0 Å². The maximum absolute atomic E-state index is 4.27. The van der Waals surface area contributed by atoms with Crippen LogP contribution in [0.3, 0.4) is 0 Å². The SMILES string of the molecule is CC(Cn1cccn1)NC(C)c1ccc2c(c1)CCCC2. The third kappa shape index (κ3) is 3.53. The smallest absolute Gasteiger partial charge is 0.0560 e. The molecule has 1 aliphatic rings. The van der Waals surface area contributed by atoms with Crippen molar-refractivity contribution < 1.29 is 0 Å². The second-order valence-electron chi connectivity index (χ2n) is 6.25. The average molecular weight is 283 g/mol. The highest BCUT2D eigenvalue weighted by molar-refractivity contribution is 5.35. The van der Waals surface area contributed by atoms with E-state index < -0.39 is 0 Å². The Morgan fingerprint density at radius 1 is 1.19 bits per heavy atom. The molecule has 3 heteroatoms. The lowest BCUT2D eigenvalue weighted by Crippen LogP contribution is -2.32. The number of nitrogens with zero attached hydrogens (tertiary/aromatic N) is 2. The molecule has 0 amide bonds. The Morgan fingerprint density at radius 3 is 2.76 bits per heavy atom. The molecule has 2 aromatic rings. The number of hydrogen-bond acceptors (Lipinski definition) is 2. The van der Waals surface area contributed by atoms with Crippen LogP contribution in [0.1, 0.15) is 49.4 Å². The summed E-state index contributed by atoms with van der Waals surface area (Å²) in [5.74, 6) is 0. The van der Waals surface area contributed by atoms with Crippen molar-refractivity contribution in [3.8, 4) is 0 Å². The minimum Gasteiger partial charge on any atom is -0.306 e. The van der Waals surface area contributed by atoms with Gasteiger partial charge in [-0.3, -0.25) is 4.68 Å². The van der Waals surface area contributed by atoms with E-state index in [1.807, 2.05) is 23.1 Å². The summed E-state index contributed by atoms with van der Waals surface area (Å²) in [7, 11) is 0. The summed E-state index contributed by atoms with van der Waals surface area (Å²) in [6, 6.07) is 9.79. The highest BCUT2D eigenvalue weighted by Crippen LogP contribution is 2.24. The third-order valence-electron chi connectivity index (χ3n) is 4.43. The van der Waals surface area contributed by atoms with E-state index in [1.54, 1.807) is 11.1 Å². The molecule has 1 aromatic heterocycles. The van der Waals surface area contributed by atoms with Gasteiger partial charge in [-0.1, -0.05) is 18.2 Å². The van der Waals surface area contributed by atoms with Crippen LogP contribution in [0.15, 0.2) is 36.7 Å². The van der Waals surface area contributed by atoms with E-state index in [0.717, 1.165) is 6.54 Å². The number of hydrogen-bond donors (Lipinski definition) is 1. The van der Waals surface area contributed by atoms with Gasteiger partial charge >= 0.3 is 0 Å². The zero-order valence-corrected chi connectivity index (χ0v) is 13.0. The predicted molar refractivity (Wildman–Crippen MR) is 86.3 cm³/mol. The Morgan fingerprint density at radius 2 is 2.00 bits per heavy atom. The fourth-order valence-corrected chi connectivity index (χ4v) is 3.29. The Balaban J connectivity index is 1.63. The van der Waals surface area contributed by atoms with Gasteiger partial charge in [0.25, 0.3) is 0 Å². The molecular formula is C18H25N3. The molecular weight excluding hydrogens is 258 g/mol. The van der Waals surface area contributed by atoms with Crippen LogP contribution in [0.2, 0.25) is 0 Å². The fourth-order valence-electron chi connectivity index (χ4n) is 3.29. The number of aryl methyl sites for hydroxylation is 2. The molecule has 0 aliphatic heterocycles. The van der Waals surface area contributed by atoms with Gasteiger partial charge < -0.3 is 5.32 Å². The van der Waals surface area contributed by atoms with Crippen molar-refractivity contribution in [1.29, 1.82) is 0 Å². The number of rotatable bonds is 5. The summed E-state index contributed by atoms with van der Waals surface area (Å²) in [6.07, 6.45) is 9.04. The molecule has 1 aromatic carbocycles. The van der Waals surface area contributed by atoms with Crippen molar-refractivity contribution in [2.24, 2.45) is 0 Å². The van der Waals surface area contributed by atoms with E-state index in [-0.39, 0.29) is 0 Å². The quantitative estimate of drug-likeness (QED) is 0.910. The number of benzene rings is 1. The molecule has 0 saturated carbocycles. The topological polar surface area (TPSA) is 29.9 Å². The first-order valence-corrected chi connectivity index (χ1v) is 8.07. The van der Waals surface area contributed by atoms with Crippen molar-refractivity contribution >= 4 is 0 Å². The Labute approximate surface area is 127 Å². The summed E-state index contributed by atoms with van der Waals surface area (Å²) in [5, 5.41) is 7.95. The average Bonchev–Trinajstić information content (AvgIpc) is 2.99. The van der Waals surface area contributed by atoms with Crippen LogP contribution in [0.25, 0.3) is 0 Å². The van der Waals surface area contributed by atoms with Gasteiger partial charge in [0, 0.05) is 24.5 Å². The summed E-state index contributed by atoms with van der Waals surface area (Å²) in [4.78, 5) is 0. The van der Waals surface area contributed by atoms with Gasteiger partial charge in [-0.25, -0.2) is 0 Å². The minimum absolute atomic E-state index is 0.378. The molecule has 0 spiro atoms. The highest BCUT2D eigenvalue weighted by atomic mass is 15.3. The van der Waals surface area contributed by atoms with Crippen LogP contribution in [-0.2, 0) is 19.4 Å². The monoisotopic (exact) mass is 283 g/mol. The van der Waals surface area contributed by atoms with E-state index in [2.05, 4.69) is 42.5 Å². The van der Waals surface area contributed by atoms with Crippen molar-refractivity contribution in [2.45, 2.75) is 58.2 Å². The molecule has 112 valence electrons. The van der Waals surface area contributed by atoms with Crippen LogP contribution in [0, 0.1) is 0 Å². The number of aromatic nitrogens is 2. The highest BCUT2D eigenvalue weighted by Gasteiger charge is 2.14. The van der Waals surface area contributed by atoms with Gasteiger partial charge in [0.2, 0.25) is 0 Å². The second-order valence-corrected chi connectivity index (χ2v) is 6.25. The standard InChI is InChI=1S/C18H25N3/c1-14(13-21-11-5-10-19-21)20-15(2)17-9-8-16-6-3-4-7-18(16)12-17/h5,8-12,14-15,20H,3-4,6-7,13H2,1-2H3. The van der Waals surface area contributed by atoms with E-state index in [0.29, 0.717) is 12.1 Å². The summed E-state index contributed by atoms with van der Waals surface area (Å²) >= 11 is 0. The first-order chi connectivity index (χ1) is 10.2. The summed E-state index contributed by atoms with van der Waals surface area (Å²) in [5.41, 5.74) is 4.52. The molecule has 2 atom stereocenters. The van der Waals surface area contributed by atoms with E-state index in [9.17, 15) is 0 Å². The van der Waals surface area contributed by atoms with Crippen LogP contribution in [-0.4, -0.2) is 15.8 Å². The number of fused-ring (bicyclic) bond motifs is 1. The first kappa shape index (κ1) is 14.3. The van der Waals surface area contributed by atoms with Crippen molar-refractivity contribution in [3.63, 3.8) is 0 Å². The normalized spacial score (nSPS) is 17.2. The number of nitrogens with one attached hydrogen (secondary N) is 1. The zero-order chi connectivity index (χ0) is 14.7. The van der Waals surface area contributed by atoms with Gasteiger partial charge in [0.1, 0.15) is 0 Å². The molecule has 0 radical (unpaired) electrons. The molecule has 2 unspecified atom stereocenters. The molecule has 21 heavy (non-hydrogen) atoms. The maximum Gasteiger partial charge on any atom is 0.0560 e. The summed E-state index contributed by atoms with van der Waals surface area (Å²) in [6.45, 7) is 5.38. The van der Waals surface area contributed by atoms with E-state index in [1.165, 1.54) is 31.2 Å². The molecule has 0 fully saturated rings. The van der Waals surface area contributed by atoms with E-state index in [4.69, 9.17) is 0 Å². The Hall–Kier alpha value is -1.61. The van der Waals surface area contributed by atoms with Gasteiger partial charge in [0.05, 0.1) is 6.54 Å². The predicted octanol–water partition coefficient (Wildman–Crippen LogP) is 3.50. The van der Waals surface area contributed by atoms with Gasteiger partial charge in [-0.2, -0.15) is 5.10 Å². The molecule has 1 aliphatic carbocycles.